The van der Waals surface area contributed by atoms with Crippen LogP contribution < -0.4 is 15.5 Å². The molecule has 0 aromatic heterocycles. The van der Waals surface area contributed by atoms with Gasteiger partial charge in [-0.05, 0) is 30.3 Å². The van der Waals surface area contributed by atoms with Crippen LogP contribution in [0.3, 0.4) is 0 Å². The maximum Gasteiger partial charge on any atom is 0.332 e. The fourth-order valence-electron chi connectivity index (χ4n) is 2.84. The van der Waals surface area contributed by atoms with Gasteiger partial charge in [-0.3, -0.25) is 19.7 Å². The molecule has 2 aromatic rings. The summed E-state index contributed by atoms with van der Waals surface area (Å²) in [4.78, 5) is 24.8. The molecule has 3 rings (SSSR count). The average molecular weight is 456 g/mol. The summed E-state index contributed by atoms with van der Waals surface area (Å²) in [5.74, 6) is -1.63. The molecule has 1 aliphatic rings. The van der Waals surface area contributed by atoms with Crippen LogP contribution in [0.25, 0.3) is 0 Å². The van der Waals surface area contributed by atoms with Gasteiger partial charge in [-0.2, -0.15) is 0 Å². The number of hydroxylamine groups is 1. The number of phenolic OH excluding ortho intramolecular Hbond substituents is 1. The van der Waals surface area contributed by atoms with Crippen LogP contribution in [0.5, 0.6) is 17.2 Å². The molecule has 0 saturated carbocycles. The highest BCUT2D eigenvalue weighted by molar-refractivity contribution is 6.40. The number of nitrogens with one attached hydrogen (secondary N) is 2. The minimum absolute atomic E-state index is 0.0880. The number of carbonyl (C=O) groups excluding carboxylic acids is 2. The molecule has 1 heterocycles. The fraction of sp³-hybridized carbons (Fsp3) is 0.263. The monoisotopic (exact) mass is 455 g/mol. The van der Waals surface area contributed by atoms with E-state index in [0.717, 1.165) is 13.1 Å². The molecular weight excluding hydrogens is 437 g/mol. The first kappa shape index (κ1) is 22.1. The Morgan fingerprint density at radius 2 is 1.77 bits per heavy atom. The molecule has 0 aliphatic carbocycles. The Morgan fingerprint density at radius 1 is 1.10 bits per heavy atom. The van der Waals surface area contributed by atoms with Gasteiger partial charge in [-0.15, -0.1) is 0 Å². The predicted molar refractivity (Wildman–Crippen MR) is 109 cm³/mol. The van der Waals surface area contributed by atoms with Crippen molar-refractivity contribution >= 4 is 40.7 Å². The number of carbonyl (C=O) groups is 2. The summed E-state index contributed by atoms with van der Waals surface area (Å²) in [6.45, 7) is 3.36. The molecule has 0 unspecified atom stereocenters. The molecule has 1 aliphatic heterocycles. The third-order valence-corrected chi connectivity index (χ3v) is 4.89. The van der Waals surface area contributed by atoms with Crippen molar-refractivity contribution < 1.29 is 29.4 Å². The van der Waals surface area contributed by atoms with E-state index in [0.29, 0.717) is 31.1 Å². The Bertz CT molecular complexity index is 927. The van der Waals surface area contributed by atoms with Crippen molar-refractivity contribution in [1.82, 2.24) is 10.4 Å². The lowest BCUT2D eigenvalue weighted by atomic mass is 10.1. The van der Waals surface area contributed by atoms with Crippen LogP contribution in [0.4, 0.5) is 5.69 Å². The number of benzene rings is 2. The van der Waals surface area contributed by atoms with Crippen LogP contribution in [0.1, 0.15) is 5.56 Å². The number of morpholine rings is 1. The first-order valence-corrected chi connectivity index (χ1v) is 9.67. The highest BCUT2D eigenvalue weighted by atomic mass is 35.5. The Kier molecular flexibility index (Phi) is 7.35. The van der Waals surface area contributed by atoms with Crippen molar-refractivity contribution in [3.8, 4) is 17.2 Å². The molecule has 0 radical (unpaired) electrons. The van der Waals surface area contributed by atoms with Gasteiger partial charge in [0.05, 0.1) is 23.3 Å². The summed E-state index contributed by atoms with van der Waals surface area (Å²) in [5.41, 5.74) is 2.05. The Morgan fingerprint density at radius 3 is 2.40 bits per heavy atom. The smallest absolute Gasteiger partial charge is 0.332 e. The van der Waals surface area contributed by atoms with Gasteiger partial charge in [-0.25, -0.2) is 5.48 Å². The lowest BCUT2D eigenvalue weighted by Gasteiger charge is -2.27. The number of anilines is 1. The third kappa shape index (κ3) is 5.53. The molecular formula is C19H19Cl2N3O6. The van der Waals surface area contributed by atoms with Gasteiger partial charge in [0.2, 0.25) is 0 Å². The molecule has 2 aromatic carbocycles. The van der Waals surface area contributed by atoms with E-state index in [4.69, 9.17) is 37.9 Å². The van der Waals surface area contributed by atoms with Crippen molar-refractivity contribution in [2.45, 2.75) is 6.54 Å². The van der Waals surface area contributed by atoms with E-state index < -0.39 is 11.8 Å². The van der Waals surface area contributed by atoms with E-state index in [2.05, 4.69) is 10.2 Å². The van der Waals surface area contributed by atoms with Crippen LogP contribution >= 0.6 is 23.2 Å². The number of rotatable bonds is 5. The topological polar surface area (TPSA) is 120 Å². The Balaban J connectivity index is 1.76. The molecule has 30 heavy (non-hydrogen) atoms. The molecule has 4 N–H and O–H groups in total. The second kappa shape index (κ2) is 9.96. The zero-order chi connectivity index (χ0) is 21.7. The molecule has 0 atom stereocenters. The van der Waals surface area contributed by atoms with E-state index in [-0.39, 0.29) is 27.2 Å². The molecule has 160 valence electrons. The minimum atomic E-state index is -1.24. The summed E-state index contributed by atoms with van der Waals surface area (Å²) in [6.07, 6.45) is 0. The molecule has 11 heteroatoms. The zero-order valence-electron chi connectivity index (χ0n) is 15.7. The molecule has 1 fully saturated rings. The van der Waals surface area contributed by atoms with Crippen LogP contribution in [0.2, 0.25) is 10.0 Å². The lowest BCUT2D eigenvalue weighted by molar-refractivity contribution is -0.141. The minimum Gasteiger partial charge on any atom is -0.508 e. The number of phenols is 1. The normalized spacial score (nSPS) is 14.2. The van der Waals surface area contributed by atoms with Crippen molar-refractivity contribution in [3.63, 3.8) is 0 Å². The summed E-state index contributed by atoms with van der Waals surface area (Å²) in [5, 5.41) is 21.1. The molecule has 2 amide bonds. The standard InChI is InChI=1S/C19H19Cl2N3O6/c20-14-8-12(22-18(26)19(27)23-28)9-15(21)17(14)30-13-1-2-16(25)11(7-13)10-24-3-5-29-6-4-24/h1-2,7-9,25,28H,3-6,10H2,(H,22,26)(H,23,27). The van der Waals surface area contributed by atoms with Crippen LogP contribution in [-0.2, 0) is 20.9 Å². The van der Waals surface area contributed by atoms with Crippen LogP contribution in [0, 0.1) is 0 Å². The van der Waals surface area contributed by atoms with E-state index in [9.17, 15) is 14.7 Å². The predicted octanol–water partition coefficient (Wildman–Crippen LogP) is 2.77. The van der Waals surface area contributed by atoms with Gasteiger partial charge in [0, 0.05) is 30.9 Å². The summed E-state index contributed by atoms with van der Waals surface area (Å²) >= 11 is 12.5. The number of hydrogen-bond acceptors (Lipinski definition) is 7. The second-order valence-corrected chi connectivity index (χ2v) is 7.26. The summed E-state index contributed by atoms with van der Waals surface area (Å²) < 4.78 is 11.1. The number of nitrogens with zero attached hydrogens (tertiary/aromatic N) is 1. The molecule has 1 saturated heterocycles. The average Bonchev–Trinajstić information content (AvgIpc) is 2.73. The van der Waals surface area contributed by atoms with E-state index in [1.807, 2.05) is 0 Å². The highest BCUT2D eigenvalue weighted by Gasteiger charge is 2.17. The number of amides is 2. The second-order valence-electron chi connectivity index (χ2n) is 6.45. The first-order chi connectivity index (χ1) is 14.4. The largest absolute Gasteiger partial charge is 0.508 e. The quantitative estimate of drug-likeness (QED) is 0.310. The van der Waals surface area contributed by atoms with Gasteiger partial charge in [-0.1, -0.05) is 23.2 Å². The first-order valence-electron chi connectivity index (χ1n) is 8.91. The summed E-state index contributed by atoms with van der Waals surface area (Å²) in [7, 11) is 0. The molecule has 0 bridgehead atoms. The van der Waals surface area contributed by atoms with Crippen LogP contribution in [-0.4, -0.2) is 53.3 Å². The number of halogens is 2. The lowest BCUT2D eigenvalue weighted by Crippen LogP contribution is -2.35. The zero-order valence-corrected chi connectivity index (χ0v) is 17.2. The highest BCUT2D eigenvalue weighted by Crippen LogP contribution is 2.39. The van der Waals surface area contributed by atoms with Gasteiger partial charge >= 0.3 is 11.8 Å². The van der Waals surface area contributed by atoms with Gasteiger partial charge in [0.25, 0.3) is 0 Å². The number of ether oxygens (including phenoxy) is 2. The maximum atomic E-state index is 11.5. The SMILES string of the molecule is O=C(NO)C(=O)Nc1cc(Cl)c(Oc2ccc(O)c(CN3CCOCC3)c2)c(Cl)c1. The van der Waals surface area contributed by atoms with E-state index in [1.165, 1.54) is 23.7 Å². The van der Waals surface area contributed by atoms with Gasteiger partial charge < -0.3 is 19.9 Å². The number of aromatic hydroxyl groups is 1. The van der Waals surface area contributed by atoms with E-state index in [1.54, 1.807) is 12.1 Å². The van der Waals surface area contributed by atoms with Crippen LogP contribution in [0.15, 0.2) is 30.3 Å². The number of hydrogen-bond donors (Lipinski definition) is 4. The van der Waals surface area contributed by atoms with Gasteiger partial charge in [0.1, 0.15) is 11.5 Å². The van der Waals surface area contributed by atoms with Crippen molar-refractivity contribution in [2.24, 2.45) is 0 Å². The van der Waals surface area contributed by atoms with Crippen molar-refractivity contribution in [2.75, 3.05) is 31.6 Å². The fourth-order valence-corrected chi connectivity index (χ4v) is 3.40. The molecule has 9 nitrogen and oxygen atoms in total. The summed E-state index contributed by atoms with van der Waals surface area (Å²) in [6, 6.07) is 7.49. The Labute approximate surface area is 182 Å². The molecule has 0 spiro atoms. The van der Waals surface area contributed by atoms with Crippen molar-refractivity contribution in [3.05, 3.63) is 45.9 Å². The van der Waals surface area contributed by atoms with E-state index >= 15 is 0 Å². The Hall–Kier alpha value is -2.56. The third-order valence-electron chi connectivity index (χ3n) is 4.33. The maximum absolute atomic E-state index is 11.5. The van der Waals surface area contributed by atoms with Crippen molar-refractivity contribution in [1.29, 1.82) is 0 Å². The van der Waals surface area contributed by atoms with Gasteiger partial charge in [0.15, 0.2) is 5.75 Å².